The van der Waals surface area contributed by atoms with Crippen molar-refractivity contribution in [1.29, 1.82) is 0 Å². The Bertz CT molecular complexity index is 419. The van der Waals surface area contributed by atoms with Gasteiger partial charge in [-0.2, -0.15) is 0 Å². The van der Waals surface area contributed by atoms with Crippen LogP contribution < -0.4 is 5.32 Å². The number of carboxylic acids is 1. The summed E-state index contributed by atoms with van der Waals surface area (Å²) < 4.78 is 0. The fourth-order valence-electron chi connectivity index (χ4n) is 1.88. The van der Waals surface area contributed by atoms with Crippen LogP contribution in [0.15, 0.2) is 24.3 Å². The molecule has 0 spiro atoms. The molecule has 0 saturated heterocycles. The molecule has 0 aliphatic carbocycles. The summed E-state index contributed by atoms with van der Waals surface area (Å²) in [6.45, 7) is 5.43. The fourth-order valence-corrected chi connectivity index (χ4v) is 2.00. The van der Waals surface area contributed by atoms with Crippen molar-refractivity contribution in [3.63, 3.8) is 0 Å². The molecule has 0 saturated carbocycles. The third kappa shape index (κ3) is 4.49. The summed E-state index contributed by atoms with van der Waals surface area (Å²) in [5, 5.41) is 22.9. The van der Waals surface area contributed by atoms with E-state index in [4.69, 9.17) is 16.7 Å². The number of carboxylic acid groups (broad SMARTS) is 1. The molecule has 106 valence electrons. The van der Waals surface area contributed by atoms with E-state index in [2.05, 4.69) is 5.32 Å². The van der Waals surface area contributed by atoms with Crippen molar-refractivity contribution in [2.75, 3.05) is 0 Å². The molecule has 3 N–H and O–H groups in total. The molecule has 19 heavy (non-hydrogen) atoms. The molecule has 1 aromatic rings. The predicted molar refractivity (Wildman–Crippen MR) is 75.3 cm³/mol. The van der Waals surface area contributed by atoms with Gasteiger partial charge >= 0.3 is 5.97 Å². The third-order valence-electron chi connectivity index (χ3n) is 3.08. The largest absolute Gasteiger partial charge is 0.480 e. The van der Waals surface area contributed by atoms with Gasteiger partial charge in [-0.15, -0.1) is 0 Å². The molecule has 0 amide bonds. The Morgan fingerprint density at radius 1 is 1.21 bits per heavy atom. The second-order valence-corrected chi connectivity index (χ2v) is 5.43. The summed E-state index contributed by atoms with van der Waals surface area (Å²) in [6.07, 6.45) is -0.779. The number of rotatable bonds is 6. The topological polar surface area (TPSA) is 69.6 Å². The lowest BCUT2D eigenvalue weighted by Gasteiger charge is -2.29. The molecule has 0 aliphatic heterocycles. The number of aliphatic hydroxyl groups is 1. The molecule has 1 aromatic carbocycles. The summed E-state index contributed by atoms with van der Waals surface area (Å²) in [7, 11) is 0. The fraction of sp³-hybridized carbons (Fsp3) is 0.500. The van der Waals surface area contributed by atoms with Gasteiger partial charge in [0.15, 0.2) is 0 Å². The maximum absolute atomic E-state index is 10.9. The van der Waals surface area contributed by atoms with Crippen LogP contribution in [0.1, 0.15) is 32.4 Å². The van der Waals surface area contributed by atoms with E-state index in [9.17, 15) is 9.90 Å². The molecule has 0 bridgehead atoms. The number of hydrogen-bond acceptors (Lipinski definition) is 3. The zero-order valence-corrected chi connectivity index (χ0v) is 12.1. The van der Waals surface area contributed by atoms with E-state index in [-0.39, 0.29) is 12.0 Å². The van der Waals surface area contributed by atoms with Crippen LogP contribution >= 0.6 is 11.6 Å². The van der Waals surface area contributed by atoms with Crippen LogP contribution in [0.2, 0.25) is 5.02 Å². The summed E-state index contributed by atoms with van der Waals surface area (Å²) >= 11 is 5.81. The number of halogens is 1. The summed E-state index contributed by atoms with van der Waals surface area (Å²) in [5.74, 6) is -0.846. The highest BCUT2D eigenvalue weighted by molar-refractivity contribution is 6.30. The van der Waals surface area contributed by atoms with E-state index in [0.29, 0.717) is 10.6 Å². The van der Waals surface area contributed by atoms with Crippen LogP contribution in [0, 0.1) is 5.92 Å². The molecule has 4 nitrogen and oxygen atoms in total. The maximum Gasteiger partial charge on any atom is 0.320 e. The number of aliphatic hydroxyl groups excluding tert-OH is 1. The highest BCUT2D eigenvalue weighted by Gasteiger charge is 2.27. The van der Waals surface area contributed by atoms with E-state index in [1.807, 2.05) is 13.8 Å². The lowest BCUT2D eigenvalue weighted by atomic mass is 9.93. The van der Waals surface area contributed by atoms with Crippen LogP contribution in [-0.2, 0) is 4.79 Å². The van der Waals surface area contributed by atoms with E-state index in [1.165, 1.54) is 0 Å². The number of nitrogens with one attached hydrogen (secondary N) is 1. The first-order valence-corrected chi connectivity index (χ1v) is 6.63. The second kappa shape index (κ2) is 6.89. The first-order chi connectivity index (χ1) is 8.82. The van der Waals surface area contributed by atoms with Gasteiger partial charge in [0.1, 0.15) is 6.04 Å². The first kappa shape index (κ1) is 16.0. The summed E-state index contributed by atoms with van der Waals surface area (Å²) in [6, 6.07) is 5.85. The minimum Gasteiger partial charge on any atom is -0.480 e. The van der Waals surface area contributed by atoms with Crippen molar-refractivity contribution in [2.45, 2.75) is 39.0 Å². The molecular weight excluding hydrogens is 266 g/mol. The zero-order valence-electron chi connectivity index (χ0n) is 11.3. The van der Waals surface area contributed by atoms with Gasteiger partial charge < -0.3 is 10.2 Å². The highest BCUT2D eigenvalue weighted by atomic mass is 35.5. The minimum atomic E-state index is -0.936. The second-order valence-electron chi connectivity index (χ2n) is 4.99. The minimum absolute atomic E-state index is 0.0903. The number of benzene rings is 1. The van der Waals surface area contributed by atoms with Gasteiger partial charge in [0.25, 0.3) is 0 Å². The molecule has 0 fully saturated rings. The summed E-state index contributed by atoms with van der Waals surface area (Å²) in [4.78, 5) is 10.9. The van der Waals surface area contributed by atoms with Gasteiger partial charge in [-0.05, 0) is 30.5 Å². The average molecular weight is 286 g/mol. The highest BCUT2D eigenvalue weighted by Crippen LogP contribution is 2.23. The SMILES string of the molecule is CC(NC(C(C)C)C(O)c1ccc(Cl)cc1)C(=O)O. The Labute approximate surface area is 118 Å². The van der Waals surface area contributed by atoms with E-state index >= 15 is 0 Å². The number of aliphatic carboxylic acids is 1. The van der Waals surface area contributed by atoms with Crippen molar-refractivity contribution in [3.8, 4) is 0 Å². The third-order valence-corrected chi connectivity index (χ3v) is 3.33. The van der Waals surface area contributed by atoms with Gasteiger partial charge in [-0.3, -0.25) is 10.1 Å². The molecule has 1 rings (SSSR count). The Morgan fingerprint density at radius 2 is 1.74 bits per heavy atom. The molecule has 0 aromatic heterocycles. The Hall–Kier alpha value is -1.10. The van der Waals surface area contributed by atoms with E-state index < -0.39 is 18.1 Å². The smallest absolute Gasteiger partial charge is 0.320 e. The molecule has 3 unspecified atom stereocenters. The van der Waals surface area contributed by atoms with Crippen molar-refractivity contribution < 1.29 is 15.0 Å². The van der Waals surface area contributed by atoms with Crippen molar-refractivity contribution in [3.05, 3.63) is 34.9 Å². The number of carbonyl (C=O) groups is 1. The van der Waals surface area contributed by atoms with Crippen LogP contribution in [0.25, 0.3) is 0 Å². The van der Waals surface area contributed by atoms with Crippen molar-refractivity contribution in [1.82, 2.24) is 5.32 Å². The zero-order chi connectivity index (χ0) is 14.6. The quantitative estimate of drug-likeness (QED) is 0.751. The average Bonchev–Trinajstić information content (AvgIpc) is 2.35. The lowest BCUT2D eigenvalue weighted by molar-refractivity contribution is -0.139. The lowest BCUT2D eigenvalue weighted by Crippen LogP contribution is -2.47. The van der Waals surface area contributed by atoms with Crippen molar-refractivity contribution in [2.24, 2.45) is 5.92 Å². The normalized spacial score (nSPS) is 16.1. The molecule has 5 heteroatoms. The van der Waals surface area contributed by atoms with Gasteiger partial charge in [0, 0.05) is 11.1 Å². The monoisotopic (exact) mass is 285 g/mol. The standard InChI is InChI=1S/C14H20ClNO3/c1-8(2)12(16-9(3)14(18)19)13(17)10-4-6-11(15)7-5-10/h4-9,12-13,16-17H,1-3H3,(H,18,19). The van der Waals surface area contributed by atoms with Crippen LogP contribution in [-0.4, -0.2) is 28.3 Å². The van der Waals surface area contributed by atoms with Gasteiger partial charge in [-0.1, -0.05) is 37.6 Å². The van der Waals surface area contributed by atoms with Gasteiger partial charge in [-0.25, -0.2) is 0 Å². The molecular formula is C14H20ClNO3. The molecule has 0 radical (unpaired) electrons. The van der Waals surface area contributed by atoms with Crippen LogP contribution in [0.5, 0.6) is 0 Å². The Balaban J connectivity index is 2.86. The first-order valence-electron chi connectivity index (χ1n) is 6.25. The maximum atomic E-state index is 10.9. The Morgan fingerprint density at radius 3 is 2.16 bits per heavy atom. The molecule has 3 atom stereocenters. The van der Waals surface area contributed by atoms with Crippen LogP contribution in [0.3, 0.4) is 0 Å². The van der Waals surface area contributed by atoms with Crippen molar-refractivity contribution >= 4 is 17.6 Å². The molecule has 0 heterocycles. The van der Waals surface area contributed by atoms with Gasteiger partial charge in [0.2, 0.25) is 0 Å². The summed E-state index contributed by atoms with van der Waals surface area (Å²) in [5.41, 5.74) is 0.716. The van der Waals surface area contributed by atoms with Crippen LogP contribution in [0.4, 0.5) is 0 Å². The predicted octanol–water partition coefficient (Wildman–Crippen LogP) is 2.46. The van der Waals surface area contributed by atoms with E-state index in [0.717, 1.165) is 0 Å². The van der Waals surface area contributed by atoms with Gasteiger partial charge in [0.05, 0.1) is 6.10 Å². The van der Waals surface area contributed by atoms with E-state index in [1.54, 1.807) is 31.2 Å². The Kier molecular flexibility index (Phi) is 5.79. The molecule has 0 aliphatic rings. The number of hydrogen-bond donors (Lipinski definition) is 3.